The monoisotopic (exact) mass is 401 g/mol. The van der Waals surface area contributed by atoms with Crippen molar-refractivity contribution in [3.05, 3.63) is 52.8 Å². The molecule has 7 nitrogen and oxygen atoms in total. The Hall–Kier alpha value is -3.32. The average molecular weight is 401 g/mol. The SMILES string of the molecule is Nc1c(-c2nc3ccccc3[nH]2)c(=O)[nH]c2cccc(OC3CN4CCC3CC4)c12. The number of hydrogen-bond acceptors (Lipinski definition) is 5. The van der Waals surface area contributed by atoms with Crippen LogP contribution in [-0.4, -0.2) is 45.6 Å². The standard InChI is InChI=1S/C23H23N5O2/c24-21-19-16(6-3-7-17(19)30-18-12-28-10-8-13(18)9-11-28)27-23(29)20(21)22-25-14-4-1-2-5-15(14)26-22/h1-7,13,18H,8-12H2,(H,25,26)(H3,24,27,29). The van der Waals surface area contributed by atoms with Gasteiger partial charge in [0, 0.05) is 6.54 Å². The zero-order valence-corrected chi connectivity index (χ0v) is 16.5. The summed E-state index contributed by atoms with van der Waals surface area (Å²) in [5.74, 6) is 1.76. The number of aromatic amines is 2. The first-order valence-corrected chi connectivity index (χ1v) is 10.5. The molecule has 4 aromatic rings. The molecule has 4 N–H and O–H groups in total. The highest BCUT2D eigenvalue weighted by Gasteiger charge is 2.36. The number of nitrogens with zero attached hydrogens (tertiary/aromatic N) is 2. The van der Waals surface area contributed by atoms with Crippen LogP contribution >= 0.6 is 0 Å². The third kappa shape index (κ3) is 2.69. The topological polar surface area (TPSA) is 100 Å². The summed E-state index contributed by atoms with van der Waals surface area (Å²) in [5.41, 5.74) is 9.40. The number of para-hydroxylation sites is 2. The minimum Gasteiger partial charge on any atom is -0.488 e. The first kappa shape index (κ1) is 17.5. The number of H-pyrrole nitrogens is 2. The van der Waals surface area contributed by atoms with Crippen molar-refractivity contribution >= 4 is 27.6 Å². The molecule has 0 radical (unpaired) electrons. The Bertz CT molecular complexity index is 1280. The van der Waals surface area contributed by atoms with E-state index in [-0.39, 0.29) is 11.7 Å². The second kappa shape index (κ2) is 6.60. The van der Waals surface area contributed by atoms with Crippen LogP contribution in [0.5, 0.6) is 5.75 Å². The van der Waals surface area contributed by atoms with Crippen molar-refractivity contribution in [2.45, 2.75) is 18.9 Å². The van der Waals surface area contributed by atoms with E-state index in [0.29, 0.717) is 28.5 Å². The van der Waals surface area contributed by atoms with E-state index in [4.69, 9.17) is 10.5 Å². The van der Waals surface area contributed by atoms with Gasteiger partial charge in [0.15, 0.2) is 0 Å². The number of anilines is 1. The molecule has 7 heteroatoms. The fraction of sp³-hybridized carbons (Fsp3) is 0.304. The van der Waals surface area contributed by atoms with Gasteiger partial charge in [0.05, 0.1) is 27.6 Å². The van der Waals surface area contributed by atoms with Gasteiger partial charge in [-0.2, -0.15) is 0 Å². The maximum Gasteiger partial charge on any atom is 0.261 e. The zero-order chi connectivity index (χ0) is 20.2. The van der Waals surface area contributed by atoms with Gasteiger partial charge in [-0.15, -0.1) is 0 Å². The van der Waals surface area contributed by atoms with E-state index in [0.717, 1.165) is 41.8 Å². The van der Waals surface area contributed by atoms with Crippen molar-refractivity contribution in [3.8, 4) is 17.1 Å². The minimum absolute atomic E-state index is 0.152. The molecule has 1 atom stereocenters. The Morgan fingerprint density at radius 3 is 2.60 bits per heavy atom. The summed E-state index contributed by atoms with van der Waals surface area (Å²) in [7, 11) is 0. The van der Waals surface area contributed by atoms with Gasteiger partial charge in [-0.3, -0.25) is 9.69 Å². The van der Waals surface area contributed by atoms with E-state index < -0.39 is 0 Å². The third-order valence-electron chi connectivity index (χ3n) is 6.54. The lowest BCUT2D eigenvalue weighted by molar-refractivity contribution is -0.00700. The molecule has 2 aromatic heterocycles. The number of imidazole rings is 1. The Kier molecular flexibility index (Phi) is 3.86. The molecular weight excluding hydrogens is 378 g/mol. The summed E-state index contributed by atoms with van der Waals surface area (Å²) < 4.78 is 6.50. The number of nitrogen functional groups attached to an aromatic ring is 1. The number of pyridine rings is 1. The molecule has 1 unspecified atom stereocenters. The largest absolute Gasteiger partial charge is 0.488 e. The number of piperidine rings is 3. The summed E-state index contributed by atoms with van der Waals surface area (Å²) in [5, 5.41) is 0.740. The van der Waals surface area contributed by atoms with E-state index in [1.54, 1.807) is 0 Å². The lowest BCUT2D eigenvalue weighted by atomic mass is 9.86. The Morgan fingerprint density at radius 1 is 1.03 bits per heavy atom. The van der Waals surface area contributed by atoms with E-state index >= 15 is 0 Å². The van der Waals surface area contributed by atoms with E-state index in [1.165, 1.54) is 12.8 Å². The van der Waals surface area contributed by atoms with E-state index in [9.17, 15) is 4.79 Å². The van der Waals surface area contributed by atoms with Crippen molar-refractivity contribution in [2.24, 2.45) is 5.92 Å². The third-order valence-corrected chi connectivity index (χ3v) is 6.54. The molecule has 0 saturated carbocycles. The van der Waals surface area contributed by atoms with Crippen LogP contribution in [0.2, 0.25) is 0 Å². The highest BCUT2D eigenvalue weighted by atomic mass is 16.5. The van der Waals surface area contributed by atoms with Crippen LogP contribution in [0.25, 0.3) is 33.3 Å². The molecule has 0 spiro atoms. The maximum absolute atomic E-state index is 12.9. The lowest BCUT2D eigenvalue weighted by Crippen LogP contribution is -2.52. The van der Waals surface area contributed by atoms with Crippen molar-refractivity contribution in [2.75, 3.05) is 25.4 Å². The Labute approximate surface area is 172 Å². The van der Waals surface area contributed by atoms with Gasteiger partial charge >= 0.3 is 0 Å². The zero-order valence-electron chi connectivity index (χ0n) is 16.5. The molecule has 152 valence electrons. The Morgan fingerprint density at radius 2 is 1.83 bits per heavy atom. The van der Waals surface area contributed by atoms with Crippen LogP contribution in [-0.2, 0) is 0 Å². The molecule has 2 bridgehead atoms. The second-order valence-electron chi connectivity index (χ2n) is 8.32. The molecule has 3 fully saturated rings. The van der Waals surface area contributed by atoms with Crippen LogP contribution in [0.1, 0.15) is 12.8 Å². The molecule has 0 aliphatic carbocycles. The normalized spacial score (nSPS) is 23.3. The van der Waals surface area contributed by atoms with Gasteiger partial charge in [0.1, 0.15) is 23.2 Å². The summed E-state index contributed by atoms with van der Waals surface area (Å²) in [6, 6.07) is 13.4. The van der Waals surface area contributed by atoms with Crippen molar-refractivity contribution in [1.29, 1.82) is 0 Å². The summed E-state index contributed by atoms with van der Waals surface area (Å²) in [6.07, 6.45) is 2.50. The van der Waals surface area contributed by atoms with E-state index in [2.05, 4.69) is 19.9 Å². The van der Waals surface area contributed by atoms with Gasteiger partial charge in [-0.1, -0.05) is 18.2 Å². The van der Waals surface area contributed by atoms with Crippen LogP contribution in [0.15, 0.2) is 47.3 Å². The smallest absolute Gasteiger partial charge is 0.261 e. The van der Waals surface area contributed by atoms with Gasteiger partial charge in [-0.05, 0) is 56.1 Å². The summed E-state index contributed by atoms with van der Waals surface area (Å²) in [6.45, 7) is 3.26. The molecular formula is C23H23N5O2. The lowest BCUT2D eigenvalue weighted by Gasteiger charge is -2.44. The summed E-state index contributed by atoms with van der Waals surface area (Å²) >= 11 is 0. The maximum atomic E-state index is 12.9. The average Bonchev–Trinajstić information content (AvgIpc) is 3.18. The number of rotatable bonds is 3. The minimum atomic E-state index is -0.265. The fourth-order valence-electron chi connectivity index (χ4n) is 4.96. The van der Waals surface area contributed by atoms with Crippen LogP contribution in [0.4, 0.5) is 5.69 Å². The van der Waals surface area contributed by atoms with Crippen LogP contribution < -0.4 is 16.0 Å². The summed E-state index contributed by atoms with van der Waals surface area (Å²) in [4.78, 5) is 26.1. The van der Waals surface area contributed by atoms with Gasteiger partial charge in [-0.25, -0.2) is 4.98 Å². The van der Waals surface area contributed by atoms with Crippen molar-refractivity contribution in [1.82, 2.24) is 19.9 Å². The molecule has 5 heterocycles. The van der Waals surface area contributed by atoms with Crippen molar-refractivity contribution < 1.29 is 4.74 Å². The highest BCUT2D eigenvalue weighted by Crippen LogP contribution is 2.37. The fourth-order valence-corrected chi connectivity index (χ4v) is 4.96. The number of fused-ring (bicyclic) bond motifs is 5. The number of hydrogen-bond donors (Lipinski definition) is 3. The molecule has 30 heavy (non-hydrogen) atoms. The molecule has 7 rings (SSSR count). The molecule has 2 aromatic carbocycles. The van der Waals surface area contributed by atoms with Gasteiger partial charge < -0.3 is 20.4 Å². The van der Waals surface area contributed by atoms with Crippen LogP contribution in [0.3, 0.4) is 0 Å². The van der Waals surface area contributed by atoms with Gasteiger partial charge in [0.25, 0.3) is 5.56 Å². The molecule has 3 aliphatic heterocycles. The number of benzene rings is 2. The first-order chi connectivity index (χ1) is 14.7. The quantitative estimate of drug-likeness (QED) is 0.490. The van der Waals surface area contributed by atoms with E-state index in [1.807, 2.05) is 42.5 Å². The van der Waals surface area contributed by atoms with Gasteiger partial charge in [0.2, 0.25) is 0 Å². The first-order valence-electron chi connectivity index (χ1n) is 10.5. The second-order valence-corrected chi connectivity index (χ2v) is 8.32. The highest BCUT2D eigenvalue weighted by molar-refractivity contribution is 6.01. The number of ether oxygens (including phenoxy) is 1. The number of nitrogens with one attached hydrogen (secondary N) is 2. The van der Waals surface area contributed by atoms with Crippen LogP contribution in [0, 0.1) is 5.92 Å². The predicted molar refractivity (Wildman–Crippen MR) is 118 cm³/mol. The number of nitrogens with two attached hydrogens (primary N) is 1. The molecule has 3 saturated heterocycles. The Balaban J connectivity index is 1.49. The molecule has 0 amide bonds. The van der Waals surface area contributed by atoms with Crippen molar-refractivity contribution in [3.63, 3.8) is 0 Å². The molecule has 3 aliphatic rings. The predicted octanol–water partition coefficient (Wildman–Crippen LogP) is 3.13. The number of aromatic nitrogens is 3.